The first-order valence-electron chi connectivity index (χ1n) is 9.38. The Morgan fingerprint density at radius 1 is 1.16 bits per heavy atom. The smallest absolute Gasteiger partial charge is 0.268 e. The number of carbonyl (C=O) groups is 1. The lowest BCUT2D eigenvalue weighted by molar-refractivity contribution is 0.102. The highest BCUT2D eigenvalue weighted by atomic mass is 35.5. The molecular formula is C22H18Cl2N4O2S. The number of ether oxygens (including phenoxy) is 1. The highest BCUT2D eigenvalue weighted by molar-refractivity contribution is 7.12. The summed E-state index contributed by atoms with van der Waals surface area (Å²) >= 11 is 13.5. The van der Waals surface area contributed by atoms with Crippen molar-refractivity contribution in [1.29, 1.82) is 0 Å². The van der Waals surface area contributed by atoms with E-state index in [1.54, 1.807) is 22.9 Å². The van der Waals surface area contributed by atoms with Crippen LogP contribution in [0.5, 0.6) is 5.75 Å². The number of aromatic nitrogens is 3. The monoisotopic (exact) mass is 472 g/mol. The molecule has 2 heterocycles. The predicted molar refractivity (Wildman–Crippen MR) is 123 cm³/mol. The van der Waals surface area contributed by atoms with Crippen LogP contribution in [0.4, 0.5) is 5.95 Å². The summed E-state index contributed by atoms with van der Waals surface area (Å²) in [5.74, 6) is 0.744. The van der Waals surface area contributed by atoms with Crippen molar-refractivity contribution in [1.82, 2.24) is 14.8 Å². The van der Waals surface area contributed by atoms with Crippen LogP contribution in [0.1, 0.15) is 26.4 Å². The first-order chi connectivity index (χ1) is 15.0. The zero-order valence-electron chi connectivity index (χ0n) is 16.5. The standard InChI is InChI=1S/C22H18Cl2N4O2S/c1-14-2-6-18(7-3-14)30-11-15-8-20(31-12-15)21(29)26-22-25-13-28(27-22)10-16-4-5-17(23)9-19(16)24/h2-9,12-13H,10-11H2,1H3,(H,26,27,29). The van der Waals surface area contributed by atoms with Crippen LogP contribution in [0, 0.1) is 6.92 Å². The van der Waals surface area contributed by atoms with Crippen LogP contribution in [0.25, 0.3) is 0 Å². The third-order valence-corrected chi connectivity index (χ3v) is 5.98. The second-order valence-corrected chi connectivity index (χ2v) is 8.63. The van der Waals surface area contributed by atoms with E-state index >= 15 is 0 Å². The molecule has 0 bridgehead atoms. The van der Waals surface area contributed by atoms with Crippen LogP contribution in [0.2, 0.25) is 10.0 Å². The molecule has 1 amide bonds. The molecule has 2 aromatic heterocycles. The maximum atomic E-state index is 12.5. The van der Waals surface area contributed by atoms with Gasteiger partial charge in [0, 0.05) is 15.6 Å². The van der Waals surface area contributed by atoms with Crippen molar-refractivity contribution < 1.29 is 9.53 Å². The highest BCUT2D eigenvalue weighted by Gasteiger charge is 2.13. The number of nitrogens with one attached hydrogen (secondary N) is 1. The predicted octanol–water partition coefficient (Wildman–Crippen LogP) is 5.83. The molecule has 0 aliphatic heterocycles. The van der Waals surface area contributed by atoms with Crippen LogP contribution in [0.3, 0.4) is 0 Å². The lowest BCUT2D eigenvalue weighted by Crippen LogP contribution is -2.12. The second-order valence-electron chi connectivity index (χ2n) is 6.88. The van der Waals surface area contributed by atoms with Crippen molar-refractivity contribution in [3.05, 3.63) is 91.9 Å². The zero-order valence-corrected chi connectivity index (χ0v) is 18.8. The van der Waals surface area contributed by atoms with Crippen molar-refractivity contribution >= 4 is 46.4 Å². The van der Waals surface area contributed by atoms with Gasteiger partial charge in [0.2, 0.25) is 5.95 Å². The second kappa shape index (κ2) is 9.51. The number of amides is 1. The summed E-state index contributed by atoms with van der Waals surface area (Å²) in [6.07, 6.45) is 1.54. The van der Waals surface area contributed by atoms with Gasteiger partial charge in [0.15, 0.2) is 0 Å². The van der Waals surface area contributed by atoms with Crippen LogP contribution < -0.4 is 10.1 Å². The molecule has 0 saturated carbocycles. The quantitative estimate of drug-likeness (QED) is 0.367. The molecule has 0 aliphatic carbocycles. The molecule has 31 heavy (non-hydrogen) atoms. The van der Waals surface area contributed by atoms with Gasteiger partial charge in [-0.1, -0.05) is 47.0 Å². The first-order valence-corrected chi connectivity index (χ1v) is 11.0. The van der Waals surface area contributed by atoms with E-state index in [-0.39, 0.29) is 11.9 Å². The topological polar surface area (TPSA) is 69.0 Å². The molecule has 2 aromatic carbocycles. The van der Waals surface area contributed by atoms with Crippen LogP contribution in [0.15, 0.2) is 60.2 Å². The summed E-state index contributed by atoms with van der Waals surface area (Å²) < 4.78 is 7.36. The van der Waals surface area contributed by atoms with E-state index in [0.29, 0.717) is 28.1 Å². The van der Waals surface area contributed by atoms with Crippen molar-refractivity contribution in [2.75, 3.05) is 5.32 Å². The molecule has 0 unspecified atom stereocenters. The van der Waals surface area contributed by atoms with Crippen molar-refractivity contribution in [3.8, 4) is 5.75 Å². The maximum Gasteiger partial charge on any atom is 0.268 e. The van der Waals surface area contributed by atoms with E-state index in [1.807, 2.05) is 42.6 Å². The van der Waals surface area contributed by atoms with Crippen molar-refractivity contribution in [3.63, 3.8) is 0 Å². The fourth-order valence-corrected chi connectivity index (χ4v) is 4.05. The summed E-state index contributed by atoms with van der Waals surface area (Å²) in [5.41, 5.74) is 2.95. The molecule has 6 nitrogen and oxygen atoms in total. The van der Waals surface area contributed by atoms with E-state index in [1.165, 1.54) is 23.2 Å². The average molecular weight is 473 g/mol. The van der Waals surface area contributed by atoms with Crippen molar-refractivity contribution in [2.45, 2.75) is 20.1 Å². The van der Waals surface area contributed by atoms with E-state index in [2.05, 4.69) is 15.4 Å². The van der Waals surface area contributed by atoms with Crippen molar-refractivity contribution in [2.24, 2.45) is 0 Å². The van der Waals surface area contributed by atoms with E-state index in [9.17, 15) is 4.79 Å². The number of nitrogens with zero attached hydrogens (tertiary/aromatic N) is 3. The minimum Gasteiger partial charge on any atom is -0.489 e. The Kier molecular flexibility index (Phi) is 6.56. The lowest BCUT2D eigenvalue weighted by atomic mass is 10.2. The SMILES string of the molecule is Cc1ccc(OCc2csc(C(=O)Nc3ncn(Cc4ccc(Cl)cc4Cl)n3)c2)cc1. The van der Waals surface area contributed by atoms with Gasteiger partial charge in [0.25, 0.3) is 5.91 Å². The van der Waals surface area contributed by atoms with Gasteiger partial charge in [0.1, 0.15) is 18.7 Å². The molecule has 0 radical (unpaired) electrons. The van der Waals surface area contributed by atoms with Crippen LogP contribution in [-0.4, -0.2) is 20.7 Å². The zero-order chi connectivity index (χ0) is 21.8. The first kappa shape index (κ1) is 21.4. The van der Waals surface area contributed by atoms with Gasteiger partial charge in [-0.3, -0.25) is 10.1 Å². The molecule has 9 heteroatoms. The molecule has 0 fully saturated rings. The number of hydrogen-bond acceptors (Lipinski definition) is 5. The normalized spacial score (nSPS) is 10.8. The average Bonchev–Trinajstić information content (AvgIpc) is 3.39. The van der Waals surface area contributed by atoms with Gasteiger partial charge >= 0.3 is 0 Å². The molecule has 4 rings (SSSR count). The number of aryl methyl sites for hydroxylation is 1. The summed E-state index contributed by atoms with van der Waals surface area (Å²) in [4.78, 5) is 17.2. The minimum absolute atomic E-state index is 0.223. The molecule has 0 spiro atoms. The molecule has 1 N–H and O–H groups in total. The number of thiophene rings is 1. The number of carbonyl (C=O) groups excluding carboxylic acids is 1. The largest absolute Gasteiger partial charge is 0.489 e. The van der Waals surface area contributed by atoms with Gasteiger partial charge in [-0.15, -0.1) is 16.4 Å². The van der Waals surface area contributed by atoms with E-state index in [4.69, 9.17) is 27.9 Å². The number of benzene rings is 2. The molecule has 0 aliphatic rings. The fourth-order valence-electron chi connectivity index (χ4n) is 2.79. The maximum absolute atomic E-state index is 12.5. The summed E-state index contributed by atoms with van der Waals surface area (Å²) in [5, 5.41) is 10.0. The van der Waals surface area contributed by atoms with E-state index in [0.717, 1.165) is 16.9 Å². The highest BCUT2D eigenvalue weighted by Crippen LogP contribution is 2.22. The number of hydrogen-bond donors (Lipinski definition) is 1. The van der Waals surface area contributed by atoms with Crippen LogP contribution in [-0.2, 0) is 13.2 Å². The lowest BCUT2D eigenvalue weighted by Gasteiger charge is -2.04. The Morgan fingerprint density at radius 3 is 2.74 bits per heavy atom. The van der Waals surface area contributed by atoms with Gasteiger partial charge in [0.05, 0.1) is 11.4 Å². The van der Waals surface area contributed by atoms with Gasteiger partial charge in [-0.25, -0.2) is 9.67 Å². The van der Waals surface area contributed by atoms with Gasteiger partial charge in [-0.2, -0.15) is 0 Å². The summed E-state index contributed by atoms with van der Waals surface area (Å²) in [6.45, 7) is 2.83. The molecular weight excluding hydrogens is 455 g/mol. The molecule has 0 saturated heterocycles. The Morgan fingerprint density at radius 2 is 1.97 bits per heavy atom. The number of halogens is 2. The Bertz CT molecular complexity index is 1200. The summed E-state index contributed by atoms with van der Waals surface area (Å²) in [6, 6.07) is 14.9. The molecule has 158 valence electrons. The minimum atomic E-state index is -0.270. The van der Waals surface area contributed by atoms with E-state index < -0.39 is 0 Å². The Labute approximate surface area is 193 Å². The molecule has 0 atom stereocenters. The Balaban J connectivity index is 1.34. The third-order valence-electron chi connectivity index (χ3n) is 4.41. The fraction of sp³-hybridized carbons (Fsp3) is 0.136. The van der Waals surface area contributed by atoms with Gasteiger partial charge < -0.3 is 4.74 Å². The number of anilines is 1. The number of rotatable bonds is 7. The van der Waals surface area contributed by atoms with Crippen LogP contribution >= 0.6 is 34.5 Å². The molecule has 4 aromatic rings. The van der Waals surface area contributed by atoms with Gasteiger partial charge in [-0.05, 0) is 48.2 Å². The Hall–Kier alpha value is -2.87. The third kappa shape index (κ3) is 5.64. The summed E-state index contributed by atoms with van der Waals surface area (Å²) in [7, 11) is 0.